The molecule has 1 amide bonds. The van der Waals surface area contributed by atoms with Crippen molar-refractivity contribution in [3.8, 4) is 5.75 Å². The first-order valence-electron chi connectivity index (χ1n) is 11.7. The number of rotatable bonds is 8. The molecule has 0 saturated carbocycles. The van der Waals surface area contributed by atoms with E-state index in [4.69, 9.17) is 4.74 Å². The Balaban J connectivity index is 1.64. The maximum atomic E-state index is 13.6. The number of ketones is 1. The van der Waals surface area contributed by atoms with Crippen molar-refractivity contribution in [3.63, 3.8) is 0 Å². The lowest BCUT2D eigenvalue weighted by atomic mass is 9.95. The van der Waals surface area contributed by atoms with Gasteiger partial charge in [-0.05, 0) is 68.5 Å². The van der Waals surface area contributed by atoms with Crippen LogP contribution in [0.3, 0.4) is 0 Å². The summed E-state index contributed by atoms with van der Waals surface area (Å²) in [4.78, 5) is 29.3. The summed E-state index contributed by atoms with van der Waals surface area (Å²) >= 11 is 0. The summed E-state index contributed by atoms with van der Waals surface area (Å²) in [5.41, 5.74) is 3.11. The molecule has 1 aliphatic rings. The first-order valence-corrected chi connectivity index (χ1v) is 11.7. The van der Waals surface area contributed by atoms with Crippen molar-refractivity contribution in [2.45, 2.75) is 19.6 Å². The molecule has 0 bridgehead atoms. The van der Waals surface area contributed by atoms with Gasteiger partial charge in [-0.1, -0.05) is 42.0 Å². The fourth-order valence-corrected chi connectivity index (χ4v) is 4.24. The highest BCUT2D eigenvalue weighted by Crippen LogP contribution is 2.39. The van der Waals surface area contributed by atoms with Crippen molar-refractivity contribution in [1.29, 1.82) is 0 Å². The van der Waals surface area contributed by atoms with E-state index in [1.165, 1.54) is 29.2 Å². The van der Waals surface area contributed by atoms with Crippen LogP contribution in [-0.4, -0.2) is 53.8 Å². The van der Waals surface area contributed by atoms with Crippen LogP contribution in [0.1, 0.15) is 28.3 Å². The third-order valence-electron chi connectivity index (χ3n) is 6.13. The van der Waals surface area contributed by atoms with Crippen molar-refractivity contribution in [3.05, 3.63) is 106 Å². The SMILES string of the molecule is Cc1cccc(COc2ccc(/C(O)=C3\C(=O)C(=O)N(CCN(C)C)C3c3ccc(F)cc3)cc2)c1. The molecule has 0 spiro atoms. The molecular formula is C29H29FN2O4. The van der Waals surface area contributed by atoms with Crippen molar-refractivity contribution in [2.75, 3.05) is 27.2 Å². The first kappa shape index (κ1) is 25.1. The minimum atomic E-state index is -0.817. The second kappa shape index (κ2) is 10.7. The van der Waals surface area contributed by atoms with Gasteiger partial charge in [-0.3, -0.25) is 9.59 Å². The highest BCUT2D eigenvalue weighted by Gasteiger charge is 2.45. The van der Waals surface area contributed by atoms with Gasteiger partial charge in [0.2, 0.25) is 0 Å². The summed E-state index contributed by atoms with van der Waals surface area (Å²) < 4.78 is 19.5. The van der Waals surface area contributed by atoms with E-state index in [0.29, 0.717) is 30.0 Å². The molecule has 1 N–H and O–H groups in total. The molecular weight excluding hydrogens is 459 g/mol. The molecule has 1 fully saturated rings. The second-order valence-corrected chi connectivity index (χ2v) is 9.15. The van der Waals surface area contributed by atoms with E-state index in [-0.39, 0.29) is 17.9 Å². The van der Waals surface area contributed by atoms with Crippen LogP contribution in [0.2, 0.25) is 0 Å². The lowest BCUT2D eigenvalue weighted by Crippen LogP contribution is -2.35. The number of hydrogen-bond donors (Lipinski definition) is 1. The van der Waals surface area contributed by atoms with Crippen LogP contribution >= 0.6 is 0 Å². The molecule has 1 saturated heterocycles. The van der Waals surface area contributed by atoms with E-state index in [1.54, 1.807) is 24.3 Å². The number of Topliss-reactive ketones (excluding diaryl/α,β-unsaturated/α-hetero) is 1. The van der Waals surface area contributed by atoms with Gasteiger partial charge in [-0.2, -0.15) is 0 Å². The topological polar surface area (TPSA) is 70.1 Å². The van der Waals surface area contributed by atoms with Crippen LogP contribution in [0.15, 0.2) is 78.4 Å². The number of benzene rings is 3. The maximum absolute atomic E-state index is 13.6. The number of halogens is 1. The molecule has 7 heteroatoms. The molecule has 6 nitrogen and oxygen atoms in total. The fraction of sp³-hybridized carbons (Fsp3) is 0.241. The Kier molecular flexibility index (Phi) is 7.50. The molecule has 36 heavy (non-hydrogen) atoms. The molecule has 1 heterocycles. The number of aryl methyl sites for hydroxylation is 1. The van der Waals surface area contributed by atoms with Crippen LogP contribution in [0.25, 0.3) is 5.76 Å². The molecule has 3 aromatic carbocycles. The van der Waals surface area contributed by atoms with Gasteiger partial charge < -0.3 is 19.6 Å². The summed E-state index contributed by atoms with van der Waals surface area (Å²) in [7, 11) is 3.73. The average Bonchev–Trinajstić information content (AvgIpc) is 3.11. The third-order valence-corrected chi connectivity index (χ3v) is 6.13. The van der Waals surface area contributed by atoms with Gasteiger partial charge >= 0.3 is 0 Å². The van der Waals surface area contributed by atoms with E-state index in [0.717, 1.165) is 11.1 Å². The van der Waals surface area contributed by atoms with Crippen LogP contribution in [0.5, 0.6) is 5.75 Å². The molecule has 1 aliphatic heterocycles. The number of carbonyl (C=O) groups is 2. The van der Waals surface area contributed by atoms with E-state index < -0.39 is 23.5 Å². The Labute approximate surface area is 210 Å². The van der Waals surface area contributed by atoms with Crippen molar-refractivity contribution in [2.24, 2.45) is 0 Å². The lowest BCUT2D eigenvalue weighted by Gasteiger charge is -2.26. The first-order chi connectivity index (χ1) is 17.2. The summed E-state index contributed by atoms with van der Waals surface area (Å²) in [5, 5.41) is 11.2. The van der Waals surface area contributed by atoms with E-state index in [1.807, 2.05) is 50.2 Å². The van der Waals surface area contributed by atoms with Gasteiger partial charge in [0.1, 0.15) is 23.9 Å². The Morgan fingerprint density at radius 1 is 1.03 bits per heavy atom. The Morgan fingerprint density at radius 3 is 2.36 bits per heavy atom. The molecule has 1 unspecified atom stereocenters. The van der Waals surface area contributed by atoms with Gasteiger partial charge in [-0.15, -0.1) is 0 Å². The number of hydrogen-bond acceptors (Lipinski definition) is 5. The molecule has 186 valence electrons. The zero-order valence-corrected chi connectivity index (χ0v) is 20.6. The van der Waals surface area contributed by atoms with Crippen LogP contribution in [0.4, 0.5) is 4.39 Å². The molecule has 3 aromatic rings. The van der Waals surface area contributed by atoms with Crippen molar-refractivity contribution < 1.29 is 23.8 Å². The van der Waals surface area contributed by atoms with Crippen molar-refractivity contribution >= 4 is 17.4 Å². The molecule has 4 rings (SSSR count). The third kappa shape index (κ3) is 5.47. The van der Waals surface area contributed by atoms with Crippen LogP contribution in [0, 0.1) is 12.7 Å². The summed E-state index contributed by atoms with van der Waals surface area (Å²) in [5.74, 6) is -1.55. The summed E-state index contributed by atoms with van der Waals surface area (Å²) in [6, 6.07) is 19.5. The van der Waals surface area contributed by atoms with Crippen LogP contribution in [-0.2, 0) is 16.2 Å². The maximum Gasteiger partial charge on any atom is 0.295 e. The Morgan fingerprint density at radius 2 is 1.72 bits per heavy atom. The smallest absolute Gasteiger partial charge is 0.295 e. The average molecular weight is 489 g/mol. The number of likely N-dealkylation sites (tertiary alicyclic amines) is 1. The molecule has 0 radical (unpaired) electrons. The quantitative estimate of drug-likeness (QED) is 0.283. The van der Waals surface area contributed by atoms with E-state index >= 15 is 0 Å². The van der Waals surface area contributed by atoms with Gasteiger partial charge in [0, 0.05) is 18.7 Å². The standard InChI is InChI=1S/C29H29FN2O4/c1-19-5-4-6-20(17-19)18-36-24-13-9-22(10-14-24)27(33)25-26(21-7-11-23(30)12-8-21)32(16-15-31(2)3)29(35)28(25)34/h4-14,17,26,33H,15-16,18H2,1-3H3/b27-25+. The number of likely N-dealkylation sites (N-methyl/N-ethyl adjacent to an activating group) is 1. The monoisotopic (exact) mass is 488 g/mol. The second-order valence-electron chi connectivity index (χ2n) is 9.15. The highest BCUT2D eigenvalue weighted by atomic mass is 19.1. The lowest BCUT2D eigenvalue weighted by molar-refractivity contribution is -0.140. The summed E-state index contributed by atoms with van der Waals surface area (Å²) in [6.07, 6.45) is 0. The highest BCUT2D eigenvalue weighted by molar-refractivity contribution is 6.46. The number of aliphatic hydroxyl groups excluding tert-OH is 1. The van der Waals surface area contributed by atoms with Gasteiger partial charge in [-0.25, -0.2) is 4.39 Å². The number of carbonyl (C=O) groups excluding carboxylic acids is 2. The van der Waals surface area contributed by atoms with Crippen LogP contribution < -0.4 is 4.74 Å². The summed E-state index contributed by atoms with van der Waals surface area (Å²) in [6.45, 7) is 3.22. The number of amides is 1. The Hall–Kier alpha value is -3.97. The molecule has 0 aromatic heterocycles. The number of aliphatic hydroxyl groups is 1. The van der Waals surface area contributed by atoms with Crippen molar-refractivity contribution in [1.82, 2.24) is 9.80 Å². The molecule has 1 atom stereocenters. The zero-order chi connectivity index (χ0) is 25.8. The zero-order valence-electron chi connectivity index (χ0n) is 20.6. The largest absolute Gasteiger partial charge is 0.507 e. The normalized spacial score (nSPS) is 17.1. The predicted molar refractivity (Wildman–Crippen MR) is 136 cm³/mol. The minimum absolute atomic E-state index is 0.0150. The Bertz CT molecular complexity index is 1280. The van der Waals surface area contributed by atoms with E-state index in [9.17, 15) is 19.1 Å². The molecule has 0 aliphatic carbocycles. The van der Waals surface area contributed by atoms with Gasteiger partial charge in [0.15, 0.2) is 0 Å². The number of ether oxygens (including phenoxy) is 1. The van der Waals surface area contributed by atoms with E-state index in [2.05, 4.69) is 0 Å². The minimum Gasteiger partial charge on any atom is -0.507 e. The van der Waals surface area contributed by atoms with Gasteiger partial charge in [0.05, 0.1) is 11.6 Å². The predicted octanol–water partition coefficient (Wildman–Crippen LogP) is 4.70. The van der Waals surface area contributed by atoms with Gasteiger partial charge in [0.25, 0.3) is 11.7 Å². The number of nitrogens with zero attached hydrogens (tertiary/aromatic N) is 2. The fourth-order valence-electron chi connectivity index (χ4n) is 4.24.